The Labute approximate surface area is 161 Å². The number of nitrogens with one attached hydrogen (secondary N) is 1. The molecule has 1 amide bonds. The van der Waals surface area contributed by atoms with Crippen molar-refractivity contribution in [3.05, 3.63) is 0 Å². The molecule has 0 bridgehead atoms. The largest absolute Gasteiger partial charge is 0.349 e. The van der Waals surface area contributed by atoms with E-state index in [1.807, 2.05) is 0 Å². The highest BCUT2D eigenvalue weighted by Crippen LogP contribution is 2.27. The van der Waals surface area contributed by atoms with Crippen LogP contribution < -0.4 is 5.32 Å². The number of hydrogen-bond acceptors (Lipinski definition) is 4. The summed E-state index contributed by atoms with van der Waals surface area (Å²) in [4.78, 5) is 20.4. The van der Waals surface area contributed by atoms with Crippen LogP contribution in [0.2, 0.25) is 0 Å². The second kappa shape index (κ2) is 9.03. The van der Waals surface area contributed by atoms with Gasteiger partial charge in [-0.2, -0.15) is 0 Å². The molecule has 2 aliphatic heterocycles. The molecule has 0 aromatic heterocycles. The lowest BCUT2D eigenvalue weighted by molar-refractivity contribution is -0.126. The van der Waals surface area contributed by atoms with Gasteiger partial charge in [-0.1, -0.05) is 27.7 Å². The number of piperidine rings is 1. The van der Waals surface area contributed by atoms with E-state index in [1.165, 1.54) is 0 Å². The van der Waals surface area contributed by atoms with E-state index >= 15 is 0 Å². The Morgan fingerprint density at radius 2 is 1.54 bits per heavy atom. The molecule has 2 rings (SSSR count). The maximum absolute atomic E-state index is 12.7. The number of amides is 1. The van der Waals surface area contributed by atoms with Crippen molar-refractivity contribution in [1.29, 1.82) is 0 Å². The summed E-state index contributed by atoms with van der Waals surface area (Å²) in [6.45, 7) is 22.1. The lowest BCUT2D eigenvalue weighted by Crippen LogP contribution is -2.63. The van der Waals surface area contributed by atoms with Crippen molar-refractivity contribution >= 4 is 5.91 Å². The molecule has 5 nitrogen and oxygen atoms in total. The Balaban J connectivity index is 2.01. The van der Waals surface area contributed by atoms with Gasteiger partial charge in [-0.05, 0) is 38.6 Å². The summed E-state index contributed by atoms with van der Waals surface area (Å²) in [5, 5.41) is 3.50. The van der Waals surface area contributed by atoms with Gasteiger partial charge in [-0.15, -0.1) is 0 Å². The van der Waals surface area contributed by atoms with Crippen molar-refractivity contribution in [2.24, 2.45) is 5.41 Å². The molecule has 2 fully saturated rings. The highest BCUT2D eigenvalue weighted by Gasteiger charge is 2.39. The number of carbonyl (C=O) groups is 1. The van der Waals surface area contributed by atoms with Crippen molar-refractivity contribution in [2.75, 3.05) is 52.4 Å². The third kappa shape index (κ3) is 6.50. The van der Waals surface area contributed by atoms with Crippen molar-refractivity contribution in [3.8, 4) is 0 Å². The van der Waals surface area contributed by atoms with Crippen molar-refractivity contribution in [3.63, 3.8) is 0 Å². The Hall–Kier alpha value is -0.650. The third-order valence-electron chi connectivity index (χ3n) is 6.02. The maximum atomic E-state index is 12.7. The lowest BCUT2D eigenvalue weighted by Gasteiger charge is -2.47. The standard InChI is InChI=1S/C21H42N4O/c1-7-23-12-14-24(15-13-23)17-21(22-19(26)16-20(4,5)6)8-10-25(11-9-21)18(2)3/h18H,7-17H2,1-6H3,(H,22,26). The van der Waals surface area contributed by atoms with Gasteiger partial charge in [0.2, 0.25) is 5.91 Å². The van der Waals surface area contributed by atoms with Crippen LogP contribution in [0.4, 0.5) is 0 Å². The van der Waals surface area contributed by atoms with Gasteiger partial charge in [0.05, 0.1) is 5.54 Å². The van der Waals surface area contributed by atoms with Crippen molar-refractivity contribution < 1.29 is 4.79 Å². The second-order valence-corrected chi connectivity index (χ2v) is 9.91. The summed E-state index contributed by atoms with van der Waals surface area (Å²) in [5.74, 6) is 0.225. The zero-order chi connectivity index (χ0) is 19.4. The number of likely N-dealkylation sites (tertiary alicyclic amines) is 1. The highest BCUT2D eigenvalue weighted by molar-refractivity contribution is 5.77. The van der Waals surface area contributed by atoms with Gasteiger partial charge in [-0.25, -0.2) is 0 Å². The molecular formula is C21H42N4O. The average Bonchev–Trinajstić information content (AvgIpc) is 2.54. The van der Waals surface area contributed by atoms with Crippen LogP contribution >= 0.6 is 0 Å². The van der Waals surface area contributed by atoms with E-state index in [-0.39, 0.29) is 16.9 Å². The van der Waals surface area contributed by atoms with Crippen LogP contribution in [0.15, 0.2) is 0 Å². The van der Waals surface area contributed by atoms with Crippen LogP contribution in [0.1, 0.15) is 60.8 Å². The van der Waals surface area contributed by atoms with Gasteiger partial charge in [0.1, 0.15) is 0 Å². The fraction of sp³-hybridized carbons (Fsp3) is 0.952. The first-order valence-electron chi connectivity index (χ1n) is 10.6. The molecule has 0 radical (unpaired) electrons. The molecule has 2 aliphatic rings. The summed E-state index contributed by atoms with van der Waals surface area (Å²) in [7, 11) is 0. The van der Waals surface area contributed by atoms with Crippen LogP contribution in [0.25, 0.3) is 0 Å². The molecule has 2 heterocycles. The number of piperazine rings is 1. The molecule has 152 valence electrons. The van der Waals surface area contributed by atoms with Crippen LogP contribution in [0, 0.1) is 5.41 Å². The summed E-state index contributed by atoms with van der Waals surface area (Å²) < 4.78 is 0. The molecule has 0 aromatic rings. The number of carbonyl (C=O) groups excluding carboxylic acids is 1. The minimum atomic E-state index is -0.0535. The topological polar surface area (TPSA) is 38.8 Å². The fourth-order valence-electron chi connectivity index (χ4n) is 4.30. The van der Waals surface area contributed by atoms with Gasteiger partial charge in [-0.3, -0.25) is 9.69 Å². The van der Waals surface area contributed by atoms with E-state index < -0.39 is 0 Å². The number of hydrogen-bond donors (Lipinski definition) is 1. The number of nitrogens with zero attached hydrogens (tertiary/aromatic N) is 3. The molecule has 26 heavy (non-hydrogen) atoms. The van der Waals surface area contributed by atoms with Gasteiger partial charge >= 0.3 is 0 Å². The quantitative estimate of drug-likeness (QED) is 0.784. The maximum Gasteiger partial charge on any atom is 0.220 e. The molecule has 0 atom stereocenters. The number of likely N-dealkylation sites (N-methyl/N-ethyl adjacent to an activating group) is 1. The zero-order valence-corrected chi connectivity index (χ0v) is 18.1. The molecule has 0 spiro atoms. The average molecular weight is 367 g/mol. The van der Waals surface area contributed by atoms with E-state index in [0.29, 0.717) is 12.5 Å². The molecule has 2 saturated heterocycles. The first kappa shape index (κ1) is 21.6. The van der Waals surface area contributed by atoms with Gasteiger partial charge in [0.15, 0.2) is 0 Å². The van der Waals surface area contributed by atoms with Crippen LogP contribution in [0.5, 0.6) is 0 Å². The normalized spacial score (nSPS) is 23.3. The highest BCUT2D eigenvalue weighted by atomic mass is 16.1. The first-order chi connectivity index (χ1) is 12.1. The van der Waals surface area contributed by atoms with Gasteiger partial charge in [0.25, 0.3) is 0 Å². The predicted octanol–water partition coefficient (Wildman–Crippen LogP) is 2.42. The van der Waals surface area contributed by atoms with E-state index in [2.05, 4.69) is 61.6 Å². The van der Waals surface area contributed by atoms with E-state index in [9.17, 15) is 4.79 Å². The molecular weight excluding hydrogens is 324 g/mol. The first-order valence-corrected chi connectivity index (χ1v) is 10.6. The van der Waals surface area contributed by atoms with Crippen molar-refractivity contribution in [1.82, 2.24) is 20.0 Å². The second-order valence-electron chi connectivity index (χ2n) is 9.91. The molecule has 0 aliphatic carbocycles. The van der Waals surface area contributed by atoms with Gasteiger partial charge < -0.3 is 15.1 Å². The lowest BCUT2D eigenvalue weighted by atomic mass is 9.84. The van der Waals surface area contributed by atoms with Gasteiger partial charge in [0, 0.05) is 58.3 Å². The third-order valence-corrected chi connectivity index (χ3v) is 6.02. The summed E-state index contributed by atoms with van der Waals surface area (Å²) >= 11 is 0. The summed E-state index contributed by atoms with van der Waals surface area (Å²) in [6, 6.07) is 0.589. The van der Waals surface area contributed by atoms with E-state index in [1.54, 1.807) is 0 Å². The van der Waals surface area contributed by atoms with E-state index in [0.717, 1.165) is 65.2 Å². The molecule has 0 unspecified atom stereocenters. The van der Waals surface area contributed by atoms with E-state index in [4.69, 9.17) is 0 Å². The molecule has 0 saturated carbocycles. The predicted molar refractivity (Wildman–Crippen MR) is 109 cm³/mol. The van der Waals surface area contributed by atoms with Crippen LogP contribution in [-0.2, 0) is 4.79 Å². The van der Waals surface area contributed by atoms with Crippen LogP contribution in [-0.4, -0.2) is 84.5 Å². The Bertz CT molecular complexity index is 441. The Morgan fingerprint density at radius 3 is 2.00 bits per heavy atom. The minimum Gasteiger partial charge on any atom is -0.349 e. The molecule has 1 N–H and O–H groups in total. The van der Waals surface area contributed by atoms with Crippen molar-refractivity contribution in [2.45, 2.75) is 72.4 Å². The Morgan fingerprint density at radius 1 is 1.00 bits per heavy atom. The smallest absolute Gasteiger partial charge is 0.220 e. The molecule has 5 heteroatoms. The summed E-state index contributed by atoms with van der Waals surface area (Å²) in [5.41, 5.74) is -0.0151. The molecule has 0 aromatic carbocycles. The van der Waals surface area contributed by atoms with Crippen LogP contribution in [0.3, 0.4) is 0 Å². The Kier molecular flexibility index (Phi) is 7.52. The SMILES string of the molecule is CCN1CCN(CC2(NC(=O)CC(C)(C)C)CCN(C(C)C)CC2)CC1. The zero-order valence-electron chi connectivity index (χ0n) is 18.1. The summed E-state index contributed by atoms with van der Waals surface area (Å²) in [6.07, 6.45) is 2.73. The monoisotopic (exact) mass is 366 g/mol. The minimum absolute atomic E-state index is 0.0384. The fourth-order valence-corrected chi connectivity index (χ4v) is 4.30. The number of rotatable bonds is 6.